The lowest BCUT2D eigenvalue weighted by atomic mass is 9.95. The molecule has 0 spiro atoms. The van der Waals surface area contributed by atoms with Crippen LogP contribution >= 0.6 is 0 Å². The normalized spacial score (nSPS) is 29.8. The SMILES string of the molecule is C=CCN[C@@H]1CCCC[C@H]1[S@@](=O)CC. The van der Waals surface area contributed by atoms with E-state index in [-0.39, 0.29) is 0 Å². The molecule has 1 saturated carbocycles. The van der Waals surface area contributed by atoms with Crippen LogP contribution in [0.15, 0.2) is 12.7 Å². The van der Waals surface area contributed by atoms with E-state index in [1.807, 2.05) is 13.0 Å². The molecule has 3 atom stereocenters. The van der Waals surface area contributed by atoms with E-state index in [1.165, 1.54) is 19.3 Å². The van der Waals surface area contributed by atoms with Gasteiger partial charge in [-0.15, -0.1) is 6.58 Å². The van der Waals surface area contributed by atoms with E-state index in [2.05, 4.69) is 11.9 Å². The lowest BCUT2D eigenvalue weighted by molar-refractivity contribution is 0.390. The molecule has 0 amide bonds. The lowest BCUT2D eigenvalue weighted by Crippen LogP contribution is -2.44. The second-order valence-corrected chi connectivity index (χ2v) is 5.74. The Kier molecular flexibility index (Phi) is 5.41. The Morgan fingerprint density at radius 1 is 1.50 bits per heavy atom. The predicted molar refractivity (Wildman–Crippen MR) is 62.9 cm³/mol. The molecule has 1 N–H and O–H groups in total. The van der Waals surface area contributed by atoms with Crippen molar-refractivity contribution in [2.24, 2.45) is 0 Å². The van der Waals surface area contributed by atoms with Gasteiger partial charge in [0.2, 0.25) is 0 Å². The summed E-state index contributed by atoms with van der Waals surface area (Å²) in [5.74, 6) is 0.789. The van der Waals surface area contributed by atoms with Crippen molar-refractivity contribution >= 4 is 10.8 Å². The average Bonchev–Trinajstić information content (AvgIpc) is 2.25. The Labute approximate surface area is 89.6 Å². The molecular formula is C11H21NOS. The topological polar surface area (TPSA) is 29.1 Å². The van der Waals surface area contributed by atoms with Crippen LogP contribution in [-0.2, 0) is 10.8 Å². The highest BCUT2D eigenvalue weighted by Crippen LogP contribution is 2.22. The Morgan fingerprint density at radius 2 is 2.21 bits per heavy atom. The molecule has 0 bridgehead atoms. The molecule has 1 aliphatic rings. The van der Waals surface area contributed by atoms with E-state index < -0.39 is 10.8 Å². The van der Waals surface area contributed by atoms with Crippen LogP contribution in [0.3, 0.4) is 0 Å². The van der Waals surface area contributed by atoms with Gasteiger partial charge in [-0.05, 0) is 12.8 Å². The van der Waals surface area contributed by atoms with Crippen LogP contribution in [0.5, 0.6) is 0 Å². The molecule has 0 heterocycles. The Hall–Kier alpha value is -0.150. The number of hydrogen-bond donors (Lipinski definition) is 1. The van der Waals surface area contributed by atoms with Gasteiger partial charge in [0.15, 0.2) is 0 Å². The minimum Gasteiger partial charge on any atom is -0.309 e. The smallest absolute Gasteiger partial charge is 0.0501 e. The molecule has 82 valence electrons. The molecule has 3 heteroatoms. The standard InChI is InChI=1S/C11H21NOS/c1-3-9-12-10-7-5-6-8-11(10)14(13)4-2/h3,10-12H,1,4-9H2,2H3/t10-,11-,14+/m1/s1. The summed E-state index contributed by atoms with van der Waals surface area (Å²) in [6, 6.07) is 0.447. The van der Waals surface area contributed by atoms with Crippen molar-refractivity contribution in [3.8, 4) is 0 Å². The van der Waals surface area contributed by atoms with Gasteiger partial charge in [-0.2, -0.15) is 0 Å². The Morgan fingerprint density at radius 3 is 2.86 bits per heavy atom. The fourth-order valence-corrected chi connectivity index (χ4v) is 3.55. The number of hydrogen-bond acceptors (Lipinski definition) is 2. The van der Waals surface area contributed by atoms with Crippen molar-refractivity contribution in [2.45, 2.75) is 43.9 Å². The molecule has 0 saturated heterocycles. The van der Waals surface area contributed by atoms with Crippen molar-refractivity contribution in [1.29, 1.82) is 0 Å². The molecule has 2 nitrogen and oxygen atoms in total. The summed E-state index contributed by atoms with van der Waals surface area (Å²) in [7, 11) is -0.644. The van der Waals surface area contributed by atoms with E-state index in [0.29, 0.717) is 11.3 Å². The number of rotatable bonds is 5. The maximum Gasteiger partial charge on any atom is 0.0501 e. The molecule has 1 aliphatic carbocycles. The summed E-state index contributed by atoms with van der Waals surface area (Å²) in [4.78, 5) is 0. The van der Waals surface area contributed by atoms with E-state index >= 15 is 0 Å². The zero-order valence-electron chi connectivity index (χ0n) is 9.00. The van der Waals surface area contributed by atoms with E-state index in [0.717, 1.165) is 18.7 Å². The van der Waals surface area contributed by atoms with Crippen molar-refractivity contribution in [3.63, 3.8) is 0 Å². The lowest BCUT2D eigenvalue weighted by Gasteiger charge is -2.31. The molecule has 1 rings (SSSR count). The minimum atomic E-state index is -0.644. The van der Waals surface area contributed by atoms with Crippen molar-refractivity contribution in [3.05, 3.63) is 12.7 Å². The summed E-state index contributed by atoms with van der Waals surface area (Å²) >= 11 is 0. The van der Waals surface area contributed by atoms with Crippen molar-refractivity contribution < 1.29 is 4.21 Å². The van der Waals surface area contributed by atoms with Crippen LogP contribution in [0.1, 0.15) is 32.6 Å². The summed E-state index contributed by atoms with van der Waals surface area (Å²) in [6.45, 7) is 6.54. The first kappa shape index (κ1) is 11.9. The number of nitrogens with one attached hydrogen (secondary N) is 1. The van der Waals surface area contributed by atoms with Gasteiger partial charge >= 0.3 is 0 Å². The predicted octanol–water partition coefficient (Wildman–Crippen LogP) is 1.84. The molecule has 14 heavy (non-hydrogen) atoms. The van der Waals surface area contributed by atoms with Crippen LogP contribution in [0, 0.1) is 0 Å². The fraction of sp³-hybridized carbons (Fsp3) is 0.818. The molecule has 0 radical (unpaired) electrons. The summed E-state index contributed by atoms with van der Waals surface area (Å²) in [5.41, 5.74) is 0. The van der Waals surface area contributed by atoms with Crippen molar-refractivity contribution in [2.75, 3.05) is 12.3 Å². The second kappa shape index (κ2) is 6.36. The van der Waals surface area contributed by atoms with Gasteiger partial charge in [0.25, 0.3) is 0 Å². The largest absolute Gasteiger partial charge is 0.309 e. The highest BCUT2D eigenvalue weighted by Gasteiger charge is 2.28. The third-order valence-electron chi connectivity index (χ3n) is 2.85. The van der Waals surface area contributed by atoms with Gasteiger partial charge in [-0.1, -0.05) is 25.8 Å². The second-order valence-electron chi connectivity index (χ2n) is 3.80. The highest BCUT2D eigenvalue weighted by atomic mass is 32.2. The average molecular weight is 215 g/mol. The van der Waals surface area contributed by atoms with E-state index in [1.54, 1.807) is 0 Å². The Bertz CT molecular complexity index is 205. The zero-order chi connectivity index (χ0) is 10.4. The van der Waals surface area contributed by atoms with Gasteiger partial charge < -0.3 is 5.32 Å². The van der Waals surface area contributed by atoms with Gasteiger partial charge in [0, 0.05) is 29.1 Å². The summed E-state index contributed by atoms with van der Waals surface area (Å²) in [6.07, 6.45) is 6.68. The van der Waals surface area contributed by atoms with Gasteiger partial charge in [0.05, 0.1) is 5.25 Å². The quantitative estimate of drug-likeness (QED) is 0.709. The first-order valence-corrected chi connectivity index (χ1v) is 6.89. The molecule has 0 aromatic rings. The highest BCUT2D eigenvalue weighted by molar-refractivity contribution is 7.85. The molecule has 0 unspecified atom stereocenters. The summed E-state index contributed by atoms with van der Waals surface area (Å²) < 4.78 is 11.8. The van der Waals surface area contributed by atoms with Crippen LogP contribution in [0.2, 0.25) is 0 Å². The third-order valence-corrected chi connectivity index (χ3v) is 4.66. The van der Waals surface area contributed by atoms with E-state index in [9.17, 15) is 4.21 Å². The van der Waals surface area contributed by atoms with Crippen LogP contribution in [-0.4, -0.2) is 27.8 Å². The first-order chi connectivity index (χ1) is 6.79. The maximum absolute atomic E-state index is 11.8. The zero-order valence-corrected chi connectivity index (χ0v) is 9.81. The van der Waals surface area contributed by atoms with Gasteiger partial charge in [0.1, 0.15) is 0 Å². The van der Waals surface area contributed by atoms with Gasteiger partial charge in [-0.3, -0.25) is 4.21 Å². The van der Waals surface area contributed by atoms with Gasteiger partial charge in [-0.25, -0.2) is 0 Å². The molecule has 0 aromatic heterocycles. The first-order valence-electron chi connectivity index (χ1n) is 5.51. The van der Waals surface area contributed by atoms with Crippen LogP contribution in [0.4, 0.5) is 0 Å². The van der Waals surface area contributed by atoms with Crippen LogP contribution < -0.4 is 5.32 Å². The molecule has 0 aromatic carbocycles. The third kappa shape index (κ3) is 3.21. The molecular weight excluding hydrogens is 194 g/mol. The van der Waals surface area contributed by atoms with Crippen molar-refractivity contribution in [1.82, 2.24) is 5.32 Å². The molecule has 0 aliphatic heterocycles. The summed E-state index contributed by atoms with van der Waals surface area (Å²) in [5, 5.41) is 3.79. The molecule has 1 fully saturated rings. The van der Waals surface area contributed by atoms with Crippen LogP contribution in [0.25, 0.3) is 0 Å². The minimum absolute atomic E-state index is 0.369. The van der Waals surface area contributed by atoms with E-state index in [4.69, 9.17) is 0 Å². The Balaban J connectivity index is 2.49. The fourth-order valence-electron chi connectivity index (χ4n) is 2.09. The monoisotopic (exact) mass is 215 g/mol. The maximum atomic E-state index is 11.8.